The molecule has 2 N–H and O–H groups in total. The summed E-state index contributed by atoms with van der Waals surface area (Å²) in [5.74, 6) is 0.884. The fraction of sp³-hybridized carbons (Fsp3) is 0.929. The van der Waals surface area contributed by atoms with Gasteiger partial charge in [0.2, 0.25) is 5.91 Å². The fourth-order valence-electron chi connectivity index (χ4n) is 2.75. The molecule has 2 aliphatic rings. The number of amides is 1. The lowest BCUT2D eigenvalue weighted by Crippen LogP contribution is -2.52. The predicted octanol–water partition coefficient (Wildman–Crippen LogP) is 0.973. The van der Waals surface area contributed by atoms with Crippen molar-refractivity contribution in [3.8, 4) is 0 Å². The Kier molecular flexibility index (Phi) is 4.62. The van der Waals surface area contributed by atoms with Crippen LogP contribution in [-0.4, -0.2) is 49.1 Å². The quantitative estimate of drug-likeness (QED) is 0.767. The first-order valence-electron chi connectivity index (χ1n) is 7.33. The van der Waals surface area contributed by atoms with Gasteiger partial charge in [0.1, 0.15) is 0 Å². The number of carbonyl (C=O) groups is 1. The second-order valence-electron chi connectivity index (χ2n) is 5.93. The minimum atomic E-state index is 0.0254. The predicted molar refractivity (Wildman–Crippen MR) is 73.4 cm³/mol. The normalized spacial score (nSPS) is 28.7. The van der Waals surface area contributed by atoms with Crippen molar-refractivity contribution in [2.24, 2.45) is 5.92 Å². The minimum absolute atomic E-state index is 0.0254. The summed E-state index contributed by atoms with van der Waals surface area (Å²) in [6.07, 6.45) is 4.81. The molecule has 1 amide bonds. The fourth-order valence-corrected chi connectivity index (χ4v) is 2.75. The standard InChI is InChI=1S/C14H27N3O/c1-10(15-3)12-5-4-8-17(9-12)11(2)14(18)16-13-6-7-13/h10-13,15H,4-9H2,1-3H3,(H,16,18). The van der Waals surface area contributed by atoms with E-state index in [2.05, 4.69) is 22.5 Å². The second kappa shape index (κ2) is 6.02. The van der Waals surface area contributed by atoms with E-state index in [1.54, 1.807) is 0 Å². The molecule has 18 heavy (non-hydrogen) atoms. The molecule has 0 aromatic rings. The molecule has 104 valence electrons. The zero-order chi connectivity index (χ0) is 13.1. The Morgan fingerprint density at radius 3 is 2.61 bits per heavy atom. The Morgan fingerprint density at radius 2 is 2.00 bits per heavy atom. The molecule has 0 spiro atoms. The number of likely N-dealkylation sites (tertiary alicyclic amines) is 1. The molecule has 2 rings (SSSR count). The number of nitrogens with zero attached hydrogens (tertiary/aromatic N) is 1. The summed E-state index contributed by atoms with van der Waals surface area (Å²) in [5.41, 5.74) is 0. The third kappa shape index (κ3) is 3.45. The van der Waals surface area contributed by atoms with Crippen molar-refractivity contribution in [1.29, 1.82) is 0 Å². The van der Waals surface area contributed by atoms with Crippen LogP contribution in [0.15, 0.2) is 0 Å². The SMILES string of the molecule is CNC(C)C1CCCN(C(C)C(=O)NC2CC2)C1. The maximum absolute atomic E-state index is 12.1. The maximum Gasteiger partial charge on any atom is 0.237 e. The van der Waals surface area contributed by atoms with Gasteiger partial charge in [-0.2, -0.15) is 0 Å². The van der Waals surface area contributed by atoms with Crippen LogP contribution in [0.25, 0.3) is 0 Å². The number of piperidine rings is 1. The van der Waals surface area contributed by atoms with E-state index in [9.17, 15) is 4.79 Å². The van der Waals surface area contributed by atoms with Crippen molar-refractivity contribution in [3.05, 3.63) is 0 Å². The highest BCUT2D eigenvalue weighted by atomic mass is 16.2. The van der Waals surface area contributed by atoms with Crippen molar-refractivity contribution in [1.82, 2.24) is 15.5 Å². The maximum atomic E-state index is 12.1. The zero-order valence-corrected chi connectivity index (χ0v) is 11.9. The van der Waals surface area contributed by atoms with Gasteiger partial charge in [0.25, 0.3) is 0 Å². The molecule has 4 nitrogen and oxygen atoms in total. The van der Waals surface area contributed by atoms with Gasteiger partial charge in [-0.1, -0.05) is 0 Å². The summed E-state index contributed by atoms with van der Waals surface area (Å²) in [6.45, 7) is 6.39. The van der Waals surface area contributed by atoms with Gasteiger partial charge in [-0.25, -0.2) is 0 Å². The van der Waals surface area contributed by atoms with Gasteiger partial charge >= 0.3 is 0 Å². The van der Waals surface area contributed by atoms with E-state index in [1.807, 2.05) is 14.0 Å². The lowest BCUT2D eigenvalue weighted by Gasteiger charge is -2.38. The largest absolute Gasteiger partial charge is 0.352 e. The summed E-state index contributed by atoms with van der Waals surface area (Å²) >= 11 is 0. The molecule has 0 aromatic heterocycles. The lowest BCUT2D eigenvalue weighted by atomic mass is 9.91. The van der Waals surface area contributed by atoms with Crippen LogP contribution in [0.2, 0.25) is 0 Å². The van der Waals surface area contributed by atoms with Crippen LogP contribution in [0, 0.1) is 5.92 Å². The van der Waals surface area contributed by atoms with Crippen LogP contribution >= 0.6 is 0 Å². The van der Waals surface area contributed by atoms with Crippen molar-refractivity contribution >= 4 is 5.91 Å². The Hall–Kier alpha value is -0.610. The van der Waals surface area contributed by atoms with Crippen molar-refractivity contribution in [2.45, 2.75) is 57.7 Å². The first-order valence-corrected chi connectivity index (χ1v) is 7.33. The van der Waals surface area contributed by atoms with Crippen molar-refractivity contribution in [3.63, 3.8) is 0 Å². The summed E-state index contributed by atoms with van der Waals surface area (Å²) in [6, 6.07) is 1.03. The lowest BCUT2D eigenvalue weighted by molar-refractivity contribution is -0.126. The van der Waals surface area contributed by atoms with Crippen LogP contribution in [0.1, 0.15) is 39.5 Å². The number of hydrogen-bond donors (Lipinski definition) is 2. The molecule has 1 saturated carbocycles. The molecule has 1 aliphatic carbocycles. The number of rotatable bonds is 5. The summed E-state index contributed by atoms with van der Waals surface area (Å²) in [7, 11) is 2.02. The van der Waals surface area contributed by atoms with Gasteiger partial charge in [0.05, 0.1) is 6.04 Å². The first kappa shape index (κ1) is 13.8. The van der Waals surface area contributed by atoms with E-state index in [4.69, 9.17) is 0 Å². The molecule has 0 bridgehead atoms. The van der Waals surface area contributed by atoms with E-state index in [-0.39, 0.29) is 11.9 Å². The third-order valence-electron chi connectivity index (χ3n) is 4.50. The molecule has 1 heterocycles. The van der Waals surface area contributed by atoms with Crippen molar-refractivity contribution in [2.75, 3.05) is 20.1 Å². The van der Waals surface area contributed by atoms with Crippen LogP contribution < -0.4 is 10.6 Å². The Balaban J connectivity index is 1.84. The van der Waals surface area contributed by atoms with Gasteiger partial charge in [-0.15, -0.1) is 0 Å². The van der Waals surface area contributed by atoms with Gasteiger partial charge in [-0.05, 0) is 59.0 Å². The van der Waals surface area contributed by atoms with Crippen LogP contribution in [0.3, 0.4) is 0 Å². The molecule has 2 fully saturated rings. The number of carbonyl (C=O) groups excluding carboxylic acids is 1. The highest BCUT2D eigenvalue weighted by molar-refractivity contribution is 5.81. The summed E-state index contributed by atoms with van der Waals surface area (Å²) < 4.78 is 0. The molecule has 3 unspecified atom stereocenters. The third-order valence-corrected chi connectivity index (χ3v) is 4.50. The molecule has 0 radical (unpaired) electrons. The van der Waals surface area contributed by atoms with E-state index < -0.39 is 0 Å². The topological polar surface area (TPSA) is 44.4 Å². The highest BCUT2D eigenvalue weighted by Gasteiger charge is 2.31. The number of nitrogens with one attached hydrogen (secondary N) is 2. The average molecular weight is 253 g/mol. The Morgan fingerprint density at radius 1 is 1.28 bits per heavy atom. The van der Waals surface area contributed by atoms with Gasteiger partial charge in [0, 0.05) is 18.6 Å². The monoisotopic (exact) mass is 253 g/mol. The molecular weight excluding hydrogens is 226 g/mol. The summed E-state index contributed by atoms with van der Waals surface area (Å²) in [4.78, 5) is 14.4. The molecule has 4 heteroatoms. The van der Waals surface area contributed by atoms with E-state index in [1.165, 1.54) is 12.8 Å². The van der Waals surface area contributed by atoms with E-state index in [0.29, 0.717) is 18.0 Å². The molecule has 0 aromatic carbocycles. The molecule has 1 aliphatic heterocycles. The highest BCUT2D eigenvalue weighted by Crippen LogP contribution is 2.23. The van der Waals surface area contributed by atoms with Gasteiger partial charge in [0.15, 0.2) is 0 Å². The molecular formula is C14H27N3O. The van der Waals surface area contributed by atoms with E-state index >= 15 is 0 Å². The zero-order valence-electron chi connectivity index (χ0n) is 11.9. The molecule has 1 saturated heterocycles. The smallest absolute Gasteiger partial charge is 0.237 e. The number of hydrogen-bond acceptors (Lipinski definition) is 3. The van der Waals surface area contributed by atoms with Gasteiger partial charge in [-0.3, -0.25) is 9.69 Å². The Bertz CT molecular complexity index is 291. The second-order valence-corrected chi connectivity index (χ2v) is 5.93. The van der Waals surface area contributed by atoms with Crippen molar-refractivity contribution < 1.29 is 4.79 Å². The van der Waals surface area contributed by atoms with Crippen LogP contribution in [0.5, 0.6) is 0 Å². The van der Waals surface area contributed by atoms with Gasteiger partial charge < -0.3 is 10.6 Å². The molecule has 3 atom stereocenters. The minimum Gasteiger partial charge on any atom is -0.352 e. The first-order chi connectivity index (χ1) is 8.61. The van der Waals surface area contributed by atoms with Crippen LogP contribution in [0.4, 0.5) is 0 Å². The van der Waals surface area contributed by atoms with E-state index in [0.717, 1.165) is 25.9 Å². The summed E-state index contributed by atoms with van der Waals surface area (Å²) in [5, 5.41) is 6.45. The van der Waals surface area contributed by atoms with Crippen LogP contribution in [-0.2, 0) is 4.79 Å². The Labute approximate surface area is 110 Å². The average Bonchev–Trinajstić information content (AvgIpc) is 3.20.